The van der Waals surface area contributed by atoms with Crippen LogP contribution in [0, 0.1) is 5.92 Å². The molecule has 0 heterocycles. The summed E-state index contributed by atoms with van der Waals surface area (Å²) in [5.41, 5.74) is -0.899. The summed E-state index contributed by atoms with van der Waals surface area (Å²) >= 11 is 0. The summed E-state index contributed by atoms with van der Waals surface area (Å²) in [6.07, 6.45) is 2.99. The van der Waals surface area contributed by atoms with E-state index in [1.54, 1.807) is 0 Å². The molecule has 0 unspecified atom stereocenters. The first-order valence-electron chi connectivity index (χ1n) is 6.05. The molecule has 3 N–H and O–H groups in total. The zero-order valence-electron chi connectivity index (χ0n) is 10.6. The van der Waals surface area contributed by atoms with Gasteiger partial charge in [0, 0.05) is 19.3 Å². The highest BCUT2D eigenvalue weighted by atomic mass is 32.2. The Bertz CT molecular complexity index is 384. The highest BCUT2D eigenvalue weighted by Gasteiger charge is 2.35. The lowest BCUT2D eigenvalue weighted by atomic mass is 9.79. The summed E-state index contributed by atoms with van der Waals surface area (Å²) in [7, 11) is -2.99. The molecule has 0 radical (unpaired) electrons. The van der Waals surface area contributed by atoms with Gasteiger partial charge in [0.1, 0.15) is 9.84 Å². The molecular weight excluding hydrogens is 258 g/mol. The normalized spacial score (nSPS) is 29.1. The number of hydrogen-bond donors (Lipinski definition) is 3. The molecule has 0 amide bonds. The zero-order valence-corrected chi connectivity index (χ0v) is 11.4. The Balaban J connectivity index is 2.28. The van der Waals surface area contributed by atoms with Crippen LogP contribution in [0.3, 0.4) is 0 Å². The number of nitrogens with one attached hydrogen (secondary N) is 1. The molecule has 0 bridgehead atoms. The SMILES string of the molecule is CS(=O)(=O)CCNCC1(O)CCC(C(=O)O)CC1. The van der Waals surface area contributed by atoms with Gasteiger partial charge in [-0.2, -0.15) is 0 Å². The molecule has 6 nitrogen and oxygen atoms in total. The molecule has 1 aliphatic carbocycles. The van der Waals surface area contributed by atoms with Crippen molar-refractivity contribution in [2.45, 2.75) is 31.3 Å². The Morgan fingerprint density at radius 1 is 1.39 bits per heavy atom. The van der Waals surface area contributed by atoms with E-state index in [1.165, 1.54) is 6.26 Å². The third kappa shape index (κ3) is 5.32. The predicted molar refractivity (Wildman–Crippen MR) is 67.1 cm³/mol. The summed E-state index contributed by atoms with van der Waals surface area (Å²) < 4.78 is 21.8. The van der Waals surface area contributed by atoms with Crippen LogP contribution in [0.15, 0.2) is 0 Å². The maximum Gasteiger partial charge on any atom is 0.306 e. The molecule has 18 heavy (non-hydrogen) atoms. The van der Waals surface area contributed by atoms with Gasteiger partial charge < -0.3 is 15.5 Å². The fourth-order valence-corrected chi connectivity index (χ4v) is 2.67. The first kappa shape index (κ1) is 15.4. The molecule has 0 aliphatic heterocycles. The summed E-state index contributed by atoms with van der Waals surface area (Å²) in [4.78, 5) is 10.8. The molecule has 1 rings (SSSR count). The van der Waals surface area contributed by atoms with Crippen LogP contribution < -0.4 is 5.32 Å². The highest BCUT2D eigenvalue weighted by molar-refractivity contribution is 7.90. The largest absolute Gasteiger partial charge is 0.481 e. The monoisotopic (exact) mass is 279 g/mol. The minimum absolute atomic E-state index is 0.0425. The van der Waals surface area contributed by atoms with E-state index < -0.39 is 21.4 Å². The van der Waals surface area contributed by atoms with Gasteiger partial charge in [0.05, 0.1) is 17.3 Å². The maximum absolute atomic E-state index is 10.9. The van der Waals surface area contributed by atoms with Crippen molar-refractivity contribution in [2.24, 2.45) is 5.92 Å². The molecule has 1 saturated carbocycles. The molecule has 0 aromatic heterocycles. The minimum Gasteiger partial charge on any atom is -0.481 e. The number of aliphatic hydroxyl groups is 1. The van der Waals surface area contributed by atoms with Crippen molar-refractivity contribution in [3.05, 3.63) is 0 Å². The van der Waals surface area contributed by atoms with Crippen LogP contribution in [0.2, 0.25) is 0 Å². The van der Waals surface area contributed by atoms with Gasteiger partial charge in [-0.15, -0.1) is 0 Å². The lowest BCUT2D eigenvalue weighted by molar-refractivity contribution is -0.144. The lowest BCUT2D eigenvalue weighted by Gasteiger charge is -2.34. The third-order valence-corrected chi connectivity index (χ3v) is 4.31. The van der Waals surface area contributed by atoms with Gasteiger partial charge in [0.15, 0.2) is 0 Å². The van der Waals surface area contributed by atoms with Crippen LogP contribution >= 0.6 is 0 Å². The summed E-state index contributed by atoms with van der Waals surface area (Å²) in [5, 5.41) is 22.0. The highest BCUT2D eigenvalue weighted by Crippen LogP contribution is 2.31. The van der Waals surface area contributed by atoms with Crippen LogP contribution in [0.25, 0.3) is 0 Å². The van der Waals surface area contributed by atoms with Gasteiger partial charge >= 0.3 is 5.97 Å². The second kappa shape index (κ2) is 5.99. The summed E-state index contributed by atoms with van der Waals surface area (Å²) in [5.74, 6) is -1.12. The van der Waals surface area contributed by atoms with Gasteiger partial charge in [0.2, 0.25) is 0 Å². The van der Waals surface area contributed by atoms with Crippen LogP contribution in [0.4, 0.5) is 0 Å². The lowest BCUT2D eigenvalue weighted by Crippen LogP contribution is -2.45. The Hall–Kier alpha value is -0.660. The van der Waals surface area contributed by atoms with Gasteiger partial charge in [-0.1, -0.05) is 0 Å². The van der Waals surface area contributed by atoms with Gasteiger partial charge in [-0.3, -0.25) is 4.79 Å². The Kier molecular flexibility index (Phi) is 5.12. The predicted octanol–water partition coefficient (Wildman–Crippen LogP) is -0.373. The summed E-state index contributed by atoms with van der Waals surface area (Å²) in [6.45, 7) is 0.623. The first-order valence-corrected chi connectivity index (χ1v) is 8.12. The molecule has 0 atom stereocenters. The zero-order chi connectivity index (χ0) is 13.8. The Labute approximate surface area is 107 Å². The maximum atomic E-state index is 10.9. The third-order valence-electron chi connectivity index (χ3n) is 3.37. The number of carboxylic acid groups (broad SMARTS) is 1. The molecule has 1 fully saturated rings. The van der Waals surface area contributed by atoms with E-state index >= 15 is 0 Å². The molecule has 0 spiro atoms. The number of sulfone groups is 1. The molecule has 0 aromatic carbocycles. The van der Waals surface area contributed by atoms with Crippen LogP contribution in [0.5, 0.6) is 0 Å². The quantitative estimate of drug-likeness (QED) is 0.573. The fraction of sp³-hybridized carbons (Fsp3) is 0.909. The molecule has 106 valence electrons. The standard InChI is InChI=1S/C11H21NO5S/c1-18(16,17)7-6-12-8-11(15)4-2-9(3-5-11)10(13)14/h9,12,15H,2-8H2,1H3,(H,13,14). The Morgan fingerprint density at radius 3 is 2.39 bits per heavy atom. The number of carboxylic acids is 1. The van der Waals surface area contributed by atoms with Crippen molar-refractivity contribution in [2.75, 3.05) is 25.1 Å². The van der Waals surface area contributed by atoms with E-state index in [-0.39, 0.29) is 11.7 Å². The average Bonchev–Trinajstić information content (AvgIpc) is 2.24. The number of rotatable bonds is 6. The first-order chi connectivity index (χ1) is 8.22. The summed E-state index contributed by atoms with van der Waals surface area (Å²) in [6, 6.07) is 0. The van der Waals surface area contributed by atoms with E-state index in [0.29, 0.717) is 38.8 Å². The van der Waals surface area contributed by atoms with Crippen molar-refractivity contribution in [3.8, 4) is 0 Å². The second-order valence-corrected chi connectivity index (χ2v) is 7.40. The van der Waals surface area contributed by atoms with Crippen molar-refractivity contribution in [1.29, 1.82) is 0 Å². The average molecular weight is 279 g/mol. The molecule has 1 aliphatic rings. The van der Waals surface area contributed by atoms with E-state index in [0.717, 1.165) is 0 Å². The fourth-order valence-electron chi connectivity index (χ4n) is 2.16. The molecule has 7 heteroatoms. The number of carbonyl (C=O) groups is 1. The second-order valence-electron chi connectivity index (χ2n) is 5.14. The Morgan fingerprint density at radius 2 is 1.94 bits per heavy atom. The van der Waals surface area contributed by atoms with Crippen LogP contribution in [0.1, 0.15) is 25.7 Å². The van der Waals surface area contributed by atoms with Crippen LogP contribution in [-0.2, 0) is 14.6 Å². The van der Waals surface area contributed by atoms with Gasteiger partial charge in [0.25, 0.3) is 0 Å². The van der Waals surface area contributed by atoms with Crippen LogP contribution in [-0.4, -0.2) is 55.3 Å². The van der Waals surface area contributed by atoms with Gasteiger partial charge in [-0.05, 0) is 25.7 Å². The van der Waals surface area contributed by atoms with E-state index in [1.807, 2.05) is 0 Å². The smallest absolute Gasteiger partial charge is 0.306 e. The minimum atomic E-state index is -2.99. The van der Waals surface area contributed by atoms with Crippen molar-refractivity contribution in [1.82, 2.24) is 5.32 Å². The molecule has 0 saturated heterocycles. The molecule has 0 aromatic rings. The van der Waals surface area contributed by atoms with E-state index in [2.05, 4.69) is 5.32 Å². The number of hydrogen-bond acceptors (Lipinski definition) is 5. The van der Waals surface area contributed by atoms with Crippen molar-refractivity contribution < 1.29 is 23.4 Å². The topological polar surface area (TPSA) is 104 Å². The van der Waals surface area contributed by atoms with Crippen molar-refractivity contribution in [3.63, 3.8) is 0 Å². The van der Waals surface area contributed by atoms with E-state index in [4.69, 9.17) is 5.11 Å². The number of aliphatic carboxylic acids is 1. The molecular formula is C11H21NO5S. The van der Waals surface area contributed by atoms with Crippen molar-refractivity contribution >= 4 is 15.8 Å². The van der Waals surface area contributed by atoms with Gasteiger partial charge in [-0.25, -0.2) is 8.42 Å². The van der Waals surface area contributed by atoms with E-state index in [9.17, 15) is 18.3 Å².